The van der Waals surface area contributed by atoms with E-state index in [1.165, 1.54) is 24.4 Å². The molecule has 34 heavy (non-hydrogen) atoms. The lowest BCUT2D eigenvalue weighted by atomic mass is 10.1. The Hall–Kier alpha value is -3.89. The summed E-state index contributed by atoms with van der Waals surface area (Å²) in [7, 11) is 0. The molecule has 0 atom stereocenters. The van der Waals surface area contributed by atoms with Gasteiger partial charge in [-0.2, -0.15) is 5.10 Å². The number of nitrogens with zero attached hydrogens (tertiary/aromatic N) is 2. The Balaban J connectivity index is 1.46. The van der Waals surface area contributed by atoms with E-state index in [0.717, 1.165) is 0 Å². The van der Waals surface area contributed by atoms with Crippen molar-refractivity contribution >= 4 is 46.9 Å². The molecule has 1 heterocycles. The Morgan fingerprint density at radius 1 is 1.18 bits per heavy atom. The maximum absolute atomic E-state index is 11.9. The monoisotopic (exact) mass is 504 g/mol. The quantitative estimate of drug-likeness (QED) is 0.255. The maximum atomic E-state index is 11.9. The van der Waals surface area contributed by atoms with Gasteiger partial charge in [0.15, 0.2) is 6.61 Å². The molecular weight excluding hydrogens is 487 g/mol. The number of furan rings is 1. The summed E-state index contributed by atoms with van der Waals surface area (Å²) in [4.78, 5) is 34.4. The topological polar surface area (TPSA) is 136 Å². The van der Waals surface area contributed by atoms with Crippen LogP contribution in [0.2, 0.25) is 10.0 Å². The number of ether oxygens (including phenoxy) is 1. The fraction of sp³-hybridized carbons (Fsp3) is 0.136. The number of nitro groups is 1. The van der Waals surface area contributed by atoms with Crippen LogP contribution in [0.15, 0.2) is 58.0 Å². The normalized spacial score (nSPS) is 10.8. The molecule has 0 aliphatic heterocycles. The van der Waals surface area contributed by atoms with Gasteiger partial charge in [-0.25, -0.2) is 5.43 Å². The van der Waals surface area contributed by atoms with Crippen LogP contribution in [0.1, 0.15) is 11.3 Å². The molecule has 0 fully saturated rings. The van der Waals surface area contributed by atoms with Gasteiger partial charge in [-0.15, -0.1) is 0 Å². The summed E-state index contributed by atoms with van der Waals surface area (Å²) in [5.41, 5.74) is 3.28. The van der Waals surface area contributed by atoms with Crippen LogP contribution in [0.25, 0.3) is 11.3 Å². The van der Waals surface area contributed by atoms with Crippen molar-refractivity contribution in [3.8, 4) is 17.1 Å². The molecule has 10 nitrogen and oxygen atoms in total. The molecule has 0 saturated carbocycles. The molecule has 1 aromatic heterocycles. The number of carbonyl (C=O) groups is 2. The number of nitrogens with one attached hydrogen (secondary N) is 2. The van der Waals surface area contributed by atoms with Gasteiger partial charge in [-0.05, 0) is 37.3 Å². The molecule has 0 spiro atoms. The molecule has 0 radical (unpaired) electrons. The van der Waals surface area contributed by atoms with Crippen molar-refractivity contribution in [2.75, 3.05) is 13.2 Å². The zero-order valence-electron chi connectivity index (χ0n) is 17.7. The minimum Gasteiger partial charge on any atom is -0.482 e. The number of hydrogen-bond donors (Lipinski definition) is 2. The molecule has 0 saturated heterocycles. The lowest BCUT2D eigenvalue weighted by Crippen LogP contribution is -2.37. The number of carbonyl (C=O) groups excluding carboxylic acids is 2. The van der Waals surface area contributed by atoms with Crippen LogP contribution in [0, 0.1) is 17.0 Å². The first-order valence-electron chi connectivity index (χ1n) is 9.75. The van der Waals surface area contributed by atoms with E-state index in [4.69, 9.17) is 32.4 Å². The highest BCUT2D eigenvalue weighted by Crippen LogP contribution is 2.30. The van der Waals surface area contributed by atoms with Gasteiger partial charge in [0.2, 0.25) is 0 Å². The van der Waals surface area contributed by atoms with Crippen LogP contribution in [0.4, 0.5) is 5.69 Å². The maximum Gasteiger partial charge on any atom is 0.273 e. The number of hydrogen-bond acceptors (Lipinski definition) is 7. The van der Waals surface area contributed by atoms with E-state index in [0.29, 0.717) is 27.7 Å². The number of amides is 2. The van der Waals surface area contributed by atoms with Gasteiger partial charge in [0, 0.05) is 22.2 Å². The summed E-state index contributed by atoms with van der Waals surface area (Å²) in [6.07, 6.45) is 1.27. The highest BCUT2D eigenvalue weighted by molar-refractivity contribution is 6.35. The van der Waals surface area contributed by atoms with Crippen LogP contribution >= 0.6 is 23.2 Å². The predicted octanol–water partition coefficient (Wildman–Crippen LogP) is 4.12. The van der Waals surface area contributed by atoms with Crippen molar-refractivity contribution in [1.29, 1.82) is 0 Å². The smallest absolute Gasteiger partial charge is 0.273 e. The number of nitro benzene ring substituents is 1. The van der Waals surface area contributed by atoms with Crippen molar-refractivity contribution in [3.05, 3.63) is 80.0 Å². The van der Waals surface area contributed by atoms with E-state index in [9.17, 15) is 19.7 Å². The third-order valence-electron chi connectivity index (χ3n) is 4.47. The average molecular weight is 505 g/mol. The summed E-state index contributed by atoms with van der Waals surface area (Å²) < 4.78 is 10.9. The summed E-state index contributed by atoms with van der Waals surface area (Å²) >= 11 is 11.7. The summed E-state index contributed by atoms with van der Waals surface area (Å²) in [5.74, 6) is -0.0857. The Bertz CT molecular complexity index is 1260. The average Bonchev–Trinajstić information content (AvgIpc) is 3.25. The number of hydrazone groups is 1. The molecule has 3 aromatic rings. The third kappa shape index (κ3) is 6.56. The molecule has 2 aromatic carbocycles. The minimum atomic E-state index is -0.574. The summed E-state index contributed by atoms with van der Waals surface area (Å²) in [5, 5.41) is 18.0. The third-order valence-corrected chi connectivity index (χ3v) is 5.00. The molecule has 176 valence electrons. The Kier molecular flexibility index (Phi) is 8.23. The van der Waals surface area contributed by atoms with E-state index in [1.807, 2.05) is 0 Å². The largest absolute Gasteiger partial charge is 0.482 e. The second-order valence-electron chi connectivity index (χ2n) is 6.84. The first-order chi connectivity index (χ1) is 16.2. The second kappa shape index (κ2) is 11.3. The molecular formula is C22H18Cl2N4O6. The second-order valence-corrected chi connectivity index (χ2v) is 7.69. The van der Waals surface area contributed by atoms with Crippen molar-refractivity contribution in [2.45, 2.75) is 6.92 Å². The van der Waals surface area contributed by atoms with Crippen LogP contribution in [0.5, 0.6) is 5.75 Å². The van der Waals surface area contributed by atoms with Gasteiger partial charge in [0.05, 0.1) is 22.7 Å². The number of halogens is 2. The van der Waals surface area contributed by atoms with Crippen LogP contribution in [-0.2, 0) is 9.59 Å². The van der Waals surface area contributed by atoms with Crippen molar-refractivity contribution < 1.29 is 23.7 Å². The van der Waals surface area contributed by atoms with Crippen LogP contribution in [-0.4, -0.2) is 36.1 Å². The Morgan fingerprint density at radius 2 is 1.97 bits per heavy atom. The van der Waals surface area contributed by atoms with Crippen molar-refractivity contribution in [3.63, 3.8) is 0 Å². The van der Waals surface area contributed by atoms with E-state index in [2.05, 4.69) is 15.8 Å². The fourth-order valence-corrected chi connectivity index (χ4v) is 3.29. The van der Waals surface area contributed by atoms with E-state index >= 15 is 0 Å². The first kappa shape index (κ1) is 24.7. The zero-order chi connectivity index (χ0) is 24.7. The van der Waals surface area contributed by atoms with Crippen molar-refractivity contribution in [1.82, 2.24) is 10.7 Å². The Labute approximate surface area is 203 Å². The lowest BCUT2D eigenvalue weighted by Gasteiger charge is -2.08. The summed E-state index contributed by atoms with van der Waals surface area (Å²) in [6, 6.07) is 12.5. The van der Waals surface area contributed by atoms with Gasteiger partial charge in [0.25, 0.3) is 17.5 Å². The summed E-state index contributed by atoms with van der Waals surface area (Å²) in [6.45, 7) is 0.960. The van der Waals surface area contributed by atoms with Gasteiger partial charge < -0.3 is 14.5 Å². The number of benzene rings is 2. The molecule has 3 rings (SSSR count). The molecule has 0 aliphatic carbocycles. The Morgan fingerprint density at radius 3 is 2.71 bits per heavy atom. The van der Waals surface area contributed by atoms with Crippen molar-refractivity contribution in [2.24, 2.45) is 5.10 Å². The zero-order valence-corrected chi connectivity index (χ0v) is 19.2. The molecule has 0 bridgehead atoms. The molecule has 12 heteroatoms. The van der Waals surface area contributed by atoms with Gasteiger partial charge in [0.1, 0.15) is 17.3 Å². The SMILES string of the molecule is Cc1c(-c2ccc(/C=N\NC(=O)CNC(=O)COc3ccc(Cl)cc3Cl)o2)cccc1[N+](=O)[O-]. The highest BCUT2D eigenvalue weighted by Gasteiger charge is 2.16. The van der Waals surface area contributed by atoms with E-state index in [1.54, 1.807) is 37.3 Å². The fourth-order valence-electron chi connectivity index (χ4n) is 2.83. The van der Waals surface area contributed by atoms with E-state index in [-0.39, 0.29) is 29.6 Å². The van der Waals surface area contributed by atoms with Gasteiger partial charge in [-0.1, -0.05) is 35.3 Å². The molecule has 0 unspecified atom stereocenters. The number of rotatable bonds is 9. The van der Waals surface area contributed by atoms with E-state index < -0.39 is 16.7 Å². The molecule has 2 N–H and O–H groups in total. The minimum absolute atomic E-state index is 0.0138. The lowest BCUT2D eigenvalue weighted by molar-refractivity contribution is -0.385. The van der Waals surface area contributed by atoms with Gasteiger partial charge in [-0.3, -0.25) is 19.7 Å². The molecule has 2 amide bonds. The molecule has 0 aliphatic rings. The van der Waals surface area contributed by atoms with Gasteiger partial charge >= 0.3 is 0 Å². The predicted molar refractivity (Wildman–Crippen MR) is 126 cm³/mol. The standard InChI is InChI=1S/C22H18Cl2N4O6/c1-13-16(3-2-4-18(13)28(31)32)19-8-6-15(34-19)10-26-27-21(29)11-25-22(30)12-33-20-7-5-14(23)9-17(20)24/h2-10H,11-12H2,1H3,(H,25,30)(H,27,29)/b26-10-. The van der Waals surface area contributed by atoms with Crippen LogP contribution < -0.4 is 15.5 Å². The highest BCUT2D eigenvalue weighted by atomic mass is 35.5. The first-order valence-corrected chi connectivity index (χ1v) is 10.5. The van der Waals surface area contributed by atoms with Crippen LogP contribution in [0.3, 0.4) is 0 Å².